The summed E-state index contributed by atoms with van der Waals surface area (Å²) in [6.07, 6.45) is 13.3. The third-order valence-corrected chi connectivity index (χ3v) is 18.4. The fraction of sp³-hybridized carbons (Fsp3) is 0.559. The number of nitrogens with zero attached hydrogens (tertiary/aromatic N) is 8. The molecule has 2 aromatic heterocycles. The Kier molecular flexibility index (Phi) is 13.8. The molecule has 12 rings (SSSR count). The van der Waals surface area contributed by atoms with Gasteiger partial charge >= 0.3 is 6.01 Å². The number of hydrogen-bond acceptors (Lipinski definition) is 14. The van der Waals surface area contributed by atoms with Gasteiger partial charge in [0.1, 0.15) is 34.6 Å². The summed E-state index contributed by atoms with van der Waals surface area (Å²) in [6, 6.07) is 12.7. The standard InChI is InChI=1S/C59H71F2N9O7/c1-4-42-46(60)9-6-37-29-41(77-36-75-3)30-44(49(37)42)51-50(61)52-45(31-62-51)53(69-21-5-14-57(2,74)33-69)65-56(64-52)76-35-59(17-18-59)34-66-22-19-58(20-23-66)15-12-39(13-16-58)67-24-26-68(27-25-67)40-7-8-43-38(28-40)32-70(55(43)73)47-10-11-48(71)63-54(47)72/h6-9,28-31,39,47,74H,4-5,10-27,32-36H2,1-3H3,(H,63,71,72)/t47-,57+/m0/s1. The predicted octanol–water partition coefficient (Wildman–Crippen LogP) is 7.79. The molecule has 5 aromatic rings. The van der Waals surface area contributed by atoms with Gasteiger partial charge < -0.3 is 38.9 Å². The Hall–Kier alpha value is -6.08. The molecule has 0 unspecified atom stereocenters. The molecule has 3 amide bonds. The van der Waals surface area contributed by atoms with E-state index in [1.54, 1.807) is 29.3 Å². The first kappa shape index (κ1) is 51.7. The van der Waals surface area contributed by atoms with E-state index in [1.807, 2.05) is 30.9 Å². The van der Waals surface area contributed by atoms with Gasteiger partial charge in [0.15, 0.2) is 12.6 Å². The third-order valence-electron chi connectivity index (χ3n) is 18.4. The summed E-state index contributed by atoms with van der Waals surface area (Å²) in [5, 5.41) is 15.2. The van der Waals surface area contributed by atoms with E-state index in [2.05, 4.69) is 26.1 Å². The van der Waals surface area contributed by atoms with Crippen LogP contribution in [0.5, 0.6) is 11.8 Å². The Balaban J connectivity index is 0.679. The maximum atomic E-state index is 17.5. The molecular formula is C59H71F2N9O7. The quantitative estimate of drug-likeness (QED) is 0.0818. The van der Waals surface area contributed by atoms with Crippen LogP contribution in [0.1, 0.15) is 112 Å². The lowest BCUT2D eigenvalue weighted by Gasteiger charge is -2.49. The van der Waals surface area contributed by atoms with Crippen LogP contribution in [0.2, 0.25) is 0 Å². The van der Waals surface area contributed by atoms with Crippen molar-refractivity contribution in [3.63, 3.8) is 0 Å². The number of halogens is 2. The van der Waals surface area contributed by atoms with Crippen molar-refractivity contribution in [1.29, 1.82) is 0 Å². The number of ether oxygens (including phenoxy) is 3. The van der Waals surface area contributed by atoms with Crippen molar-refractivity contribution in [3.8, 4) is 23.0 Å². The molecule has 7 heterocycles. The molecule has 0 radical (unpaired) electrons. The number of imide groups is 1. The highest BCUT2D eigenvalue weighted by Gasteiger charge is 2.48. The number of pyridine rings is 1. The van der Waals surface area contributed by atoms with E-state index in [0.29, 0.717) is 101 Å². The lowest BCUT2D eigenvalue weighted by Crippen LogP contribution is -2.52. The molecule has 77 heavy (non-hydrogen) atoms. The number of carbonyl (C=O) groups excluding carboxylic acids is 3. The zero-order valence-electron chi connectivity index (χ0n) is 44.7. The number of likely N-dealkylation sites (tertiary alicyclic amines) is 1. The molecule has 2 N–H and O–H groups in total. The zero-order valence-corrected chi connectivity index (χ0v) is 44.7. The molecule has 16 nitrogen and oxygen atoms in total. The Bertz CT molecular complexity index is 3110. The van der Waals surface area contributed by atoms with Gasteiger partial charge in [0.2, 0.25) is 11.8 Å². The number of β-amino-alcohol motifs (C(OH)–C–C–N with tert-alkyl or cyclic N) is 1. The molecule has 5 aliphatic heterocycles. The van der Waals surface area contributed by atoms with Crippen molar-refractivity contribution in [2.75, 3.05) is 89.2 Å². The molecule has 408 valence electrons. The summed E-state index contributed by atoms with van der Waals surface area (Å²) in [7, 11) is 1.52. The molecule has 18 heteroatoms. The fourth-order valence-corrected chi connectivity index (χ4v) is 13.7. The Morgan fingerprint density at radius 3 is 2.36 bits per heavy atom. The van der Waals surface area contributed by atoms with Crippen LogP contribution in [0.4, 0.5) is 20.3 Å². The normalized spacial score (nSPS) is 24.0. The molecule has 3 aromatic carbocycles. The molecule has 2 saturated carbocycles. The van der Waals surface area contributed by atoms with Crippen LogP contribution >= 0.6 is 0 Å². The molecule has 6 fully saturated rings. The maximum Gasteiger partial charge on any atom is 0.319 e. The van der Waals surface area contributed by atoms with E-state index >= 15 is 8.78 Å². The van der Waals surface area contributed by atoms with Gasteiger partial charge in [-0.05, 0) is 161 Å². The first-order valence-electron chi connectivity index (χ1n) is 28.0. The van der Waals surface area contributed by atoms with E-state index in [4.69, 9.17) is 29.2 Å². The average Bonchev–Trinajstić information content (AvgIpc) is 4.14. The summed E-state index contributed by atoms with van der Waals surface area (Å²) < 4.78 is 50.5. The second-order valence-corrected chi connectivity index (χ2v) is 23.6. The summed E-state index contributed by atoms with van der Waals surface area (Å²) in [4.78, 5) is 63.4. The molecule has 2 atom stereocenters. The number of methoxy groups -OCH3 is 1. The lowest BCUT2D eigenvalue weighted by atomic mass is 9.66. The monoisotopic (exact) mass is 1060 g/mol. The number of anilines is 2. The minimum absolute atomic E-state index is 0.0113. The van der Waals surface area contributed by atoms with E-state index in [9.17, 15) is 19.5 Å². The van der Waals surface area contributed by atoms with Crippen molar-refractivity contribution in [2.24, 2.45) is 10.8 Å². The number of benzene rings is 3. The highest BCUT2D eigenvalue weighted by Crippen LogP contribution is 2.50. The third kappa shape index (κ3) is 10.2. The number of piperidine rings is 3. The zero-order chi connectivity index (χ0) is 53.2. The number of nitrogens with one attached hydrogen (secondary N) is 1. The van der Waals surface area contributed by atoms with Crippen LogP contribution in [-0.4, -0.2) is 150 Å². The molecule has 4 saturated heterocycles. The van der Waals surface area contributed by atoms with Crippen LogP contribution < -0.4 is 24.6 Å². The first-order chi connectivity index (χ1) is 37.2. The number of hydrogen-bond donors (Lipinski definition) is 2. The average molecular weight is 1060 g/mol. The second kappa shape index (κ2) is 20.6. The minimum atomic E-state index is -0.962. The van der Waals surface area contributed by atoms with Gasteiger partial charge in [-0.2, -0.15) is 9.97 Å². The van der Waals surface area contributed by atoms with Gasteiger partial charge in [-0.1, -0.05) is 13.0 Å². The lowest BCUT2D eigenvalue weighted by molar-refractivity contribution is -0.136. The number of aliphatic hydroxyl groups is 1. The van der Waals surface area contributed by atoms with E-state index in [-0.39, 0.29) is 59.4 Å². The Labute approximate surface area is 448 Å². The second-order valence-electron chi connectivity index (χ2n) is 23.6. The Morgan fingerprint density at radius 2 is 1.64 bits per heavy atom. The van der Waals surface area contributed by atoms with Gasteiger partial charge in [0.25, 0.3) is 5.91 Å². The number of aromatic nitrogens is 3. The van der Waals surface area contributed by atoms with Gasteiger partial charge in [0.05, 0.1) is 17.6 Å². The highest BCUT2D eigenvalue weighted by atomic mass is 19.1. The summed E-state index contributed by atoms with van der Waals surface area (Å²) in [5.74, 6) is -0.966. The minimum Gasteiger partial charge on any atom is -0.468 e. The topological polar surface area (TPSA) is 166 Å². The van der Waals surface area contributed by atoms with E-state index in [0.717, 1.165) is 76.3 Å². The van der Waals surface area contributed by atoms with Crippen molar-refractivity contribution < 1.29 is 42.5 Å². The SMILES string of the molecule is CCc1c(F)ccc2cc(OCOC)cc(-c3ncc4c(N5CCC[C@@](C)(O)C5)nc(OCC5(CN6CCC7(CCC(N8CCN(c9ccc%10c(c9)CN([C@H]9CCC(=O)NC9=O)C%10=O)CC8)CC7)CC6)CC5)nc4c3F)c12. The van der Waals surface area contributed by atoms with Crippen LogP contribution in [0, 0.1) is 22.5 Å². The largest absolute Gasteiger partial charge is 0.468 e. The van der Waals surface area contributed by atoms with Crippen LogP contribution in [0.15, 0.2) is 48.7 Å². The number of piperazine rings is 1. The Morgan fingerprint density at radius 1 is 0.844 bits per heavy atom. The van der Waals surface area contributed by atoms with E-state index in [1.165, 1.54) is 51.7 Å². The maximum absolute atomic E-state index is 17.5. The number of amides is 3. The van der Waals surface area contributed by atoms with Gasteiger partial charge in [-0.25, -0.2) is 8.78 Å². The number of rotatable bonds is 14. The van der Waals surface area contributed by atoms with E-state index < -0.39 is 17.5 Å². The molecule has 2 aliphatic carbocycles. The smallest absolute Gasteiger partial charge is 0.319 e. The fourth-order valence-electron chi connectivity index (χ4n) is 13.7. The van der Waals surface area contributed by atoms with Gasteiger partial charge in [-0.3, -0.25) is 29.6 Å². The predicted molar refractivity (Wildman–Crippen MR) is 288 cm³/mol. The molecular weight excluding hydrogens is 985 g/mol. The van der Waals surface area contributed by atoms with Gasteiger partial charge in [-0.15, -0.1) is 0 Å². The number of aryl methyl sites for hydroxylation is 1. The molecule has 0 bridgehead atoms. The van der Waals surface area contributed by atoms with Crippen LogP contribution in [0.3, 0.4) is 0 Å². The molecule has 7 aliphatic rings. The highest BCUT2D eigenvalue weighted by molar-refractivity contribution is 6.06. The summed E-state index contributed by atoms with van der Waals surface area (Å²) in [5.41, 5.74) is 2.98. The first-order valence-corrected chi connectivity index (χ1v) is 28.0. The van der Waals surface area contributed by atoms with Gasteiger partial charge in [0, 0.05) is 100 Å². The van der Waals surface area contributed by atoms with Crippen molar-refractivity contribution >= 4 is 50.9 Å². The van der Waals surface area contributed by atoms with Crippen LogP contribution in [-0.2, 0) is 27.3 Å². The number of carbonyl (C=O) groups is 3. The number of fused-ring (bicyclic) bond motifs is 3. The summed E-state index contributed by atoms with van der Waals surface area (Å²) in [6.45, 7) is 12.3. The van der Waals surface area contributed by atoms with Crippen molar-refractivity contribution in [1.82, 2.24) is 35.0 Å². The summed E-state index contributed by atoms with van der Waals surface area (Å²) >= 11 is 0. The molecule has 1 spiro atoms. The van der Waals surface area contributed by atoms with Crippen molar-refractivity contribution in [2.45, 2.75) is 122 Å². The van der Waals surface area contributed by atoms with Crippen LogP contribution in [0.25, 0.3) is 32.9 Å². The van der Waals surface area contributed by atoms with Crippen molar-refractivity contribution in [3.05, 3.63) is 77.0 Å².